The summed E-state index contributed by atoms with van der Waals surface area (Å²) in [5.74, 6) is 0.654. The molecule has 0 aliphatic rings. The van der Waals surface area contributed by atoms with Crippen LogP contribution in [0.15, 0.2) is 92.5 Å². The molecule has 0 fully saturated rings. The maximum atomic E-state index is 12.0. The number of fused-ring (bicyclic) bond motifs is 1. The van der Waals surface area contributed by atoms with Crippen LogP contribution in [0.5, 0.6) is 5.75 Å². The highest BCUT2D eigenvalue weighted by atomic mass is 79.9. The van der Waals surface area contributed by atoms with Crippen LogP contribution >= 0.6 is 15.9 Å². The quantitative estimate of drug-likeness (QED) is 0.402. The molecule has 0 aliphatic carbocycles. The topological polar surface area (TPSA) is 39.4 Å². The molecule has 1 heterocycles. The fourth-order valence-electron chi connectivity index (χ4n) is 2.87. The Morgan fingerprint density at radius 1 is 0.885 bits per heavy atom. The molecule has 0 bridgehead atoms. The van der Waals surface area contributed by atoms with Crippen molar-refractivity contribution in [3.63, 3.8) is 0 Å². The van der Waals surface area contributed by atoms with Crippen LogP contribution < -0.4 is 10.4 Å². The normalized spacial score (nSPS) is 10.8. The fraction of sp³-hybridized carbons (Fsp3) is 0.0455. The van der Waals surface area contributed by atoms with Crippen molar-refractivity contribution < 1.29 is 9.15 Å². The van der Waals surface area contributed by atoms with Crippen LogP contribution in [-0.2, 0) is 6.61 Å². The maximum Gasteiger partial charge on any atom is 0.336 e. The molecule has 0 unspecified atom stereocenters. The van der Waals surface area contributed by atoms with Crippen LogP contribution in [0.4, 0.5) is 0 Å². The molecule has 0 amide bonds. The van der Waals surface area contributed by atoms with E-state index in [-0.39, 0.29) is 5.63 Å². The Morgan fingerprint density at radius 3 is 2.46 bits per heavy atom. The summed E-state index contributed by atoms with van der Waals surface area (Å²) in [6.07, 6.45) is 0. The van der Waals surface area contributed by atoms with Gasteiger partial charge in [0, 0.05) is 27.6 Å². The zero-order valence-corrected chi connectivity index (χ0v) is 15.4. The zero-order valence-electron chi connectivity index (χ0n) is 13.8. The molecule has 26 heavy (non-hydrogen) atoms. The van der Waals surface area contributed by atoms with Crippen molar-refractivity contribution in [1.82, 2.24) is 0 Å². The van der Waals surface area contributed by atoms with Gasteiger partial charge in [-0.05, 0) is 29.3 Å². The van der Waals surface area contributed by atoms with E-state index in [0.717, 1.165) is 26.5 Å². The Hall–Kier alpha value is -2.85. The molecule has 0 aliphatic heterocycles. The van der Waals surface area contributed by atoms with Gasteiger partial charge in [0.25, 0.3) is 0 Å². The van der Waals surface area contributed by atoms with Crippen molar-refractivity contribution in [3.8, 4) is 16.9 Å². The molecule has 4 rings (SSSR count). The monoisotopic (exact) mass is 406 g/mol. The largest absolute Gasteiger partial charge is 0.489 e. The molecule has 0 saturated carbocycles. The second-order valence-electron chi connectivity index (χ2n) is 5.88. The van der Waals surface area contributed by atoms with Crippen LogP contribution in [0.3, 0.4) is 0 Å². The SMILES string of the molecule is O=c1cc(-c2ccccc2)c2ccc(OCc3ccccc3Br)cc2o1. The van der Waals surface area contributed by atoms with Crippen molar-refractivity contribution >= 4 is 26.9 Å². The first-order chi connectivity index (χ1) is 12.7. The van der Waals surface area contributed by atoms with Crippen molar-refractivity contribution in [3.05, 3.63) is 99.3 Å². The van der Waals surface area contributed by atoms with Gasteiger partial charge in [-0.15, -0.1) is 0 Å². The Kier molecular flexibility index (Phi) is 4.59. The summed E-state index contributed by atoms with van der Waals surface area (Å²) in [5.41, 5.74) is 3.02. The number of hydrogen-bond donors (Lipinski definition) is 0. The van der Waals surface area contributed by atoms with Gasteiger partial charge in [0.1, 0.15) is 17.9 Å². The summed E-state index contributed by atoms with van der Waals surface area (Å²) in [6.45, 7) is 0.426. The molecule has 0 saturated heterocycles. The summed E-state index contributed by atoms with van der Waals surface area (Å²) in [6, 6.07) is 24.8. The second kappa shape index (κ2) is 7.18. The van der Waals surface area contributed by atoms with Crippen LogP contribution in [0.25, 0.3) is 22.1 Å². The van der Waals surface area contributed by atoms with E-state index in [2.05, 4.69) is 15.9 Å². The molecule has 3 aromatic carbocycles. The summed E-state index contributed by atoms with van der Waals surface area (Å²) >= 11 is 3.51. The number of benzene rings is 3. The van der Waals surface area contributed by atoms with E-state index in [1.807, 2.05) is 66.7 Å². The number of hydrogen-bond acceptors (Lipinski definition) is 3. The molecule has 0 spiro atoms. The molecular weight excluding hydrogens is 392 g/mol. The van der Waals surface area contributed by atoms with Gasteiger partial charge in [-0.2, -0.15) is 0 Å². The number of rotatable bonds is 4. The molecule has 3 nitrogen and oxygen atoms in total. The van der Waals surface area contributed by atoms with Gasteiger partial charge in [-0.1, -0.05) is 64.5 Å². The van der Waals surface area contributed by atoms with E-state index >= 15 is 0 Å². The summed E-state index contributed by atoms with van der Waals surface area (Å²) in [7, 11) is 0. The highest BCUT2D eigenvalue weighted by Crippen LogP contribution is 2.30. The summed E-state index contributed by atoms with van der Waals surface area (Å²) in [5, 5.41) is 0.879. The molecule has 0 radical (unpaired) electrons. The molecule has 0 N–H and O–H groups in total. The van der Waals surface area contributed by atoms with Crippen LogP contribution in [0.1, 0.15) is 5.56 Å². The average molecular weight is 407 g/mol. The van der Waals surface area contributed by atoms with Crippen molar-refractivity contribution in [2.45, 2.75) is 6.61 Å². The van der Waals surface area contributed by atoms with Gasteiger partial charge in [-0.3, -0.25) is 0 Å². The predicted molar refractivity (Wildman–Crippen MR) is 106 cm³/mol. The van der Waals surface area contributed by atoms with Gasteiger partial charge in [0.15, 0.2) is 0 Å². The molecule has 1 aromatic heterocycles. The van der Waals surface area contributed by atoms with Crippen LogP contribution in [-0.4, -0.2) is 0 Å². The highest BCUT2D eigenvalue weighted by molar-refractivity contribution is 9.10. The van der Waals surface area contributed by atoms with Crippen LogP contribution in [0, 0.1) is 0 Å². The Labute approximate surface area is 159 Å². The molecule has 128 valence electrons. The highest BCUT2D eigenvalue weighted by Gasteiger charge is 2.09. The van der Waals surface area contributed by atoms with Crippen molar-refractivity contribution in [1.29, 1.82) is 0 Å². The minimum atomic E-state index is -0.376. The third-order valence-electron chi connectivity index (χ3n) is 4.15. The lowest BCUT2D eigenvalue weighted by atomic mass is 10.0. The fourth-order valence-corrected chi connectivity index (χ4v) is 3.27. The van der Waals surface area contributed by atoms with Crippen molar-refractivity contribution in [2.75, 3.05) is 0 Å². The van der Waals surface area contributed by atoms with Gasteiger partial charge in [0.05, 0.1) is 0 Å². The zero-order chi connectivity index (χ0) is 17.9. The first-order valence-corrected chi connectivity index (χ1v) is 8.99. The first kappa shape index (κ1) is 16.6. The van der Waals surface area contributed by atoms with Gasteiger partial charge in [-0.25, -0.2) is 4.79 Å². The average Bonchev–Trinajstić information content (AvgIpc) is 2.67. The lowest BCUT2D eigenvalue weighted by molar-refractivity contribution is 0.305. The smallest absolute Gasteiger partial charge is 0.336 e. The number of halogens is 1. The van der Waals surface area contributed by atoms with E-state index in [1.165, 1.54) is 6.07 Å². The third-order valence-corrected chi connectivity index (χ3v) is 4.93. The molecular formula is C22H15BrO3. The lowest BCUT2D eigenvalue weighted by Gasteiger charge is -2.10. The molecule has 4 heteroatoms. The summed E-state index contributed by atoms with van der Waals surface area (Å²) < 4.78 is 12.3. The first-order valence-electron chi connectivity index (χ1n) is 8.20. The van der Waals surface area contributed by atoms with Gasteiger partial charge in [0.2, 0.25) is 0 Å². The molecule has 4 aromatic rings. The summed E-state index contributed by atoms with van der Waals surface area (Å²) in [4.78, 5) is 12.0. The standard InChI is InChI=1S/C22H15BrO3/c23-20-9-5-4-8-16(20)14-25-17-10-11-18-19(15-6-2-1-3-7-15)13-22(24)26-21(18)12-17/h1-13H,14H2. The minimum Gasteiger partial charge on any atom is -0.489 e. The molecule has 0 atom stereocenters. The van der Waals surface area contributed by atoms with Crippen LogP contribution in [0.2, 0.25) is 0 Å². The van der Waals surface area contributed by atoms with Gasteiger partial charge < -0.3 is 9.15 Å². The van der Waals surface area contributed by atoms with E-state index in [1.54, 1.807) is 6.07 Å². The van der Waals surface area contributed by atoms with E-state index in [0.29, 0.717) is 17.9 Å². The van der Waals surface area contributed by atoms with E-state index < -0.39 is 0 Å². The number of ether oxygens (including phenoxy) is 1. The Morgan fingerprint density at radius 2 is 1.65 bits per heavy atom. The lowest BCUT2D eigenvalue weighted by Crippen LogP contribution is -1.99. The maximum absolute atomic E-state index is 12.0. The van der Waals surface area contributed by atoms with Crippen molar-refractivity contribution in [2.24, 2.45) is 0 Å². The Bertz CT molecular complexity index is 1120. The minimum absolute atomic E-state index is 0.376. The second-order valence-corrected chi connectivity index (χ2v) is 6.74. The van der Waals surface area contributed by atoms with E-state index in [9.17, 15) is 4.79 Å². The Balaban J connectivity index is 1.70. The van der Waals surface area contributed by atoms with Gasteiger partial charge >= 0.3 is 5.63 Å². The third kappa shape index (κ3) is 3.41. The predicted octanol–water partition coefficient (Wildman–Crippen LogP) is 5.80. The van der Waals surface area contributed by atoms with E-state index in [4.69, 9.17) is 9.15 Å².